The second-order valence-electron chi connectivity index (χ2n) is 7.78. The molecule has 0 aliphatic rings. The van der Waals surface area contributed by atoms with Crippen molar-refractivity contribution >= 4 is 15.7 Å². The summed E-state index contributed by atoms with van der Waals surface area (Å²) in [6, 6.07) is 23.0. The number of carbonyl (C=O) groups is 1. The van der Waals surface area contributed by atoms with Gasteiger partial charge in [-0.3, -0.25) is 4.79 Å². The van der Waals surface area contributed by atoms with Crippen LogP contribution in [0.2, 0.25) is 0 Å². The fourth-order valence-corrected chi connectivity index (χ4v) is 4.79. The van der Waals surface area contributed by atoms with Crippen molar-refractivity contribution in [3.05, 3.63) is 107 Å². The van der Waals surface area contributed by atoms with Crippen molar-refractivity contribution in [1.29, 1.82) is 0 Å². The Balaban J connectivity index is 1.46. The fraction of sp³-hybridized carbons (Fsp3) is 0.154. The highest BCUT2D eigenvalue weighted by Gasteiger charge is 2.21. The summed E-state index contributed by atoms with van der Waals surface area (Å²) < 4.78 is 31.1. The van der Waals surface area contributed by atoms with Crippen LogP contribution in [0.1, 0.15) is 32.9 Å². The predicted molar refractivity (Wildman–Crippen MR) is 126 cm³/mol. The van der Waals surface area contributed by atoms with Crippen LogP contribution < -0.4 is 5.32 Å². The Hall–Kier alpha value is -3.71. The van der Waals surface area contributed by atoms with E-state index in [1.54, 1.807) is 61.5 Å². The van der Waals surface area contributed by atoms with E-state index in [-0.39, 0.29) is 16.6 Å². The van der Waals surface area contributed by atoms with Crippen LogP contribution in [0.4, 0.5) is 0 Å². The molecule has 0 fully saturated rings. The second-order valence-corrected chi connectivity index (χ2v) is 9.77. The van der Waals surface area contributed by atoms with Gasteiger partial charge in [0.15, 0.2) is 9.84 Å². The number of hydrogen-bond acceptors (Lipinski definition) is 5. The maximum Gasteiger partial charge on any atom is 0.251 e. The molecule has 6 nitrogen and oxygen atoms in total. The van der Waals surface area contributed by atoms with Crippen LogP contribution in [0.25, 0.3) is 11.5 Å². The summed E-state index contributed by atoms with van der Waals surface area (Å²) in [4.78, 5) is 17.2. The van der Waals surface area contributed by atoms with Crippen LogP contribution in [0.15, 0.2) is 88.2 Å². The molecule has 0 bridgehead atoms. The first kappa shape index (κ1) is 22.5. The molecule has 4 rings (SSSR count). The number of rotatable bonds is 7. The molecule has 0 unspecified atom stereocenters. The van der Waals surface area contributed by atoms with Gasteiger partial charge in [0.1, 0.15) is 11.5 Å². The van der Waals surface area contributed by atoms with Crippen molar-refractivity contribution in [3.63, 3.8) is 0 Å². The number of aromatic nitrogens is 1. The van der Waals surface area contributed by atoms with Gasteiger partial charge in [0.05, 0.1) is 10.6 Å². The molecule has 0 spiro atoms. The molecule has 1 amide bonds. The van der Waals surface area contributed by atoms with Crippen molar-refractivity contribution in [1.82, 2.24) is 10.3 Å². The minimum atomic E-state index is -3.53. The van der Waals surface area contributed by atoms with E-state index in [9.17, 15) is 13.2 Å². The van der Waals surface area contributed by atoms with Gasteiger partial charge in [0.2, 0.25) is 5.89 Å². The third-order valence-corrected chi connectivity index (χ3v) is 7.06. The molecule has 0 atom stereocenters. The van der Waals surface area contributed by atoms with E-state index in [0.717, 1.165) is 11.1 Å². The summed E-state index contributed by atoms with van der Waals surface area (Å²) in [6.45, 7) is 4.15. The maximum absolute atomic E-state index is 12.7. The summed E-state index contributed by atoms with van der Waals surface area (Å²) in [5.74, 6) is 0.344. The molecule has 33 heavy (non-hydrogen) atoms. The normalized spacial score (nSPS) is 11.3. The van der Waals surface area contributed by atoms with Crippen LogP contribution in [0.5, 0.6) is 0 Å². The molecule has 1 heterocycles. The molecular weight excluding hydrogens is 436 g/mol. The van der Waals surface area contributed by atoms with Crippen LogP contribution >= 0.6 is 0 Å². The average Bonchev–Trinajstić information content (AvgIpc) is 3.18. The number of sulfone groups is 1. The number of nitrogens with zero attached hydrogens (tertiary/aromatic N) is 1. The molecule has 0 radical (unpaired) electrons. The third-order valence-electron chi connectivity index (χ3n) is 5.42. The molecule has 0 saturated heterocycles. The van der Waals surface area contributed by atoms with Gasteiger partial charge in [0, 0.05) is 17.7 Å². The van der Waals surface area contributed by atoms with E-state index in [1.807, 2.05) is 31.2 Å². The SMILES string of the molecule is Cc1ccccc1CNC(=O)c1ccc(-c2nc(CS(=O)(=O)c3ccccc3)c(C)o2)cc1. The molecule has 7 heteroatoms. The van der Waals surface area contributed by atoms with Crippen molar-refractivity contribution in [2.24, 2.45) is 0 Å². The third kappa shape index (κ3) is 5.21. The molecule has 1 aromatic heterocycles. The van der Waals surface area contributed by atoms with E-state index in [4.69, 9.17) is 4.42 Å². The van der Waals surface area contributed by atoms with Gasteiger partial charge in [-0.15, -0.1) is 0 Å². The van der Waals surface area contributed by atoms with Gasteiger partial charge in [-0.25, -0.2) is 13.4 Å². The van der Waals surface area contributed by atoms with E-state index >= 15 is 0 Å². The molecule has 1 N–H and O–H groups in total. The van der Waals surface area contributed by atoms with Crippen molar-refractivity contribution < 1.29 is 17.6 Å². The Morgan fingerprint density at radius 2 is 1.58 bits per heavy atom. The van der Waals surface area contributed by atoms with E-state index < -0.39 is 9.84 Å². The van der Waals surface area contributed by atoms with Gasteiger partial charge in [-0.05, 0) is 61.4 Å². The van der Waals surface area contributed by atoms with E-state index in [0.29, 0.717) is 35.0 Å². The summed E-state index contributed by atoms with van der Waals surface area (Å²) in [7, 11) is -3.53. The Morgan fingerprint density at radius 3 is 2.27 bits per heavy atom. The number of hydrogen-bond donors (Lipinski definition) is 1. The summed E-state index contributed by atoms with van der Waals surface area (Å²) in [5, 5.41) is 2.93. The molecule has 4 aromatic rings. The largest absolute Gasteiger partial charge is 0.441 e. The van der Waals surface area contributed by atoms with Crippen molar-refractivity contribution in [3.8, 4) is 11.5 Å². The van der Waals surface area contributed by atoms with Crippen LogP contribution in [0.3, 0.4) is 0 Å². The fourth-order valence-electron chi connectivity index (χ4n) is 3.43. The Morgan fingerprint density at radius 1 is 0.909 bits per heavy atom. The Bertz CT molecular complexity index is 1380. The topological polar surface area (TPSA) is 89.3 Å². The number of amides is 1. The number of carbonyl (C=O) groups excluding carboxylic acids is 1. The summed E-state index contributed by atoms with van der Waals surface area (Å²) in [6.07, 6.45) is 0. The van der Waals surface area contributed by atoms with Gasteiger partial charge in [0.25, 0.3) is 5.91 Å². The van der Waals surface area contributed by atoms with Gasteiger partial charge in [-0.1, -0.05) is 42.5 Å². The monoisotopic (exact) mass is 460 g/mol. The first-order valence-corrected chi connectivity index (χ1v) is 12.2. The van der Waals surface area contributed by atoms with Crippen LogP contribution in [-0.2, 0) is 22.1 Å². The molecule has 0 aliphatic carbocycles. The number of nitrogens with one attached hydrogen (secondary N) is 1. The molecular formula is C26H24N2O4S. The minimum absolute atomic E-state index is 0.178. The smallest absolute Gasteiger partial charge is 0.251 e. The average molecular weight is 461 g/mol. The first-order valence-electron chi connectivity index (χ1n) is 10.5. The Labute approximate surface area is 193 Å². The van der Waals surface area contributed by atoms with Crippen molar-refractivity contribution in [2.45, 2.75) is 31.0 Å². The highest BCUT2D eigenvalue weighted by molar-refractivity contribution is 7.90. The summed E-state index contributed by atoms with van der Waals surface area (Å²) in [5.41, 5.74) is 3.74. The van der Waals surface area contributed by atoms with Crippen molar-refractivity contribution in [2.75, 3.05) is 0 Å². The predicted octanol–water partition coefficient (Wildman–Crippen LogP) is 4.86. The summed E-state index contributed by atoms with van der Waals surface area (Å²) >= 11 is 0. The zero-order valence-corrected chi connectivity index (χ0v) is 19.2. The van der Waals surface area contributed by atoms with Crippen LogP contribution in [0, 0.1) is 13.8 Å². The lowest BCUT2D eigenvalue weighted by Crippen LogP contribution is -2.23. The lowest BCUT2D eigenvalue weighted by atomic mass is 10.1. The zero-order chi connectivity index (χ0) is 23.4. The standard InChI is InChI=1S/C26H24N2O4S/c1-18-8-6-7-9-22(18)16-27-25(29)20-12-14-21(15-13-20)26-28-24(19(2)32-26)17-33(30,31)23-10-4-3-5-11-23/h3-15H,16-17H2,1-2H3,(H,27,29). The van der Waals surface area contributed by atoms with Gasteiger partial charge >= 0.3 is 0 Å². The number of oxazole rings is 1. The molecule has 168 valence electrons. The number of aryl methyl sites for hydroxylation is 2. The first-order chi connectivity index (χ1) is 15.8. The minimum Gasteiger partial charge on any atom is -0.441 e. The molecule has 0 saturated carbocycles. The zero-order valence-electron chi connectivity index (χ0n) is 18.4. The van der Waals surface area contributed by atoms with Crippen LogP contribution in [-0.4, -0.2) is 19.3 Å². The highest BCUT2D eigenvalue weighted by Crippen LogP contribution is 2.25. The molecule has 3 aromatic carbocycles. The number of benzene rings is 3. The quantitative estimate of drug-likeness (QED) is 0.425. The van der Waals surface area contributed by atoms with E-state index in [1.165, 1.54) is 0 Å². The maximum atomic E-state index is 12.7. The lowest BCUT2D eigenvalue weighted by molar-refractivity contribution is 0.0951. The lowest BCUT2D eigenvalue weighted by Gasteiger charge is -2.08. The van der Waals surface area contributed by atoms with E-state index in [2.05, 4.69) is 10.3 Å². The Kier molecular flexibility index (Phi) is 6.42. The van der Waals surface area contributed by atoms with Gasteiger partial charge < -0.3 is 9.73 Å². The van der Waals surface area contributed by atoms with Gasteiger partial charge in [-0.2, -0.15) is 0 Å². The molecule has 0 aliphatic heterocycles. The second kappa shape index (κ2) is 9.42. The highest BCUT2D eigenvalue weighted by atomic mass is 32.2.